The maximum Gasteiger partial charge on any atom is 0.414 e. The van der Waals surface area contributed by atoms with Crippen LogP contribution in [-0.4, -0.2) is 31.4 Å². The Balaban J connectivity index is 1.46. The average molecular weight is 361 g/mol. The van der Waals surface area contributed by atoms with Crippen LogP contribution in [0.1, 0.15) is 5.56 Å². The van der Waals surface area contributed by atoms with Crippen LogP contribution in [0.4, 0.5) is 15.3 Å². The summed E-state index contributed by atoms with van der Waals surface area (Å²) >= 11 is 5.94. The minimum Gasteiger partial charge on any atom is -0.445 e. The standard InChI is InChI=1S/C18H17ClN2O4/c19-14-7-4-8-15(9-14)21-11-16(25-18(21)23)10-20-17(22)24-12-13-5-2-1-3-6-13/h1-9,16H,10-12H2,(H,20,22). The van der Waals surface area contributed by atoms with Gasteiger partial charge >= 0.3 is 12.2 Å². The first-order valence-electron chi connectivity index (χ1n) is 7.80. The Bertz CT molecular complexity index is 754. The van der Waals surface area contributed by atoms with Gasteiger partial charge in [0.25, 0.3) is 0 Å². The van der Waals surface area contributed by atoms with E-state index in [1.165, 1.54) is 4.90 Å². The van der Waals surface area contributed by atoms with Gasteiger partial charge in [0.15, 0.2) is 0 Å². The maximum absolute atomic E-state index is 12.0. The minimum absolute atomic E-state index is 0.177. The smallest absolute Gasteiger partial charge is 0.414 e. The first-order valence-corrected chi connectivity index (χ1v) is 8.18. The van der Waals surface area contributed by atoms with E-state index in [4.69, 9.17) is 21.1 Å². The summed E-state index contributed by atoms with van der Waals surface area (Å²) in [5.41, 5.74) is 1.56. The van der Waals surface area contributed by atoms with E-state index in [1.54, 1.807) is 24.3 Å². The third kappa shape index (κ3) is 4.64. The van der Waals surface area contributed by atoms with Gasteiger partial charge in [-0.2, -0.15) is 0 Å². The molecule has 1 N–H and O–H groups in total. The number of rotatable bonds is 5. The van der Waals surface area contributed by atoms with Crippen molar-refractivity contribution in [2.75, 3.05) is 18.0 Å². The van der Waals surface area contributed by atoms with E-state index in [-0.39, 0.29) is 13.2 Å². The summed E-state index contributed by atoms with van der Waals surface area (Å²) in [6.45, 7) is 0.695. The van der Waals surface area contributed by atoms with Crippen molar-refractivity contribution >= 4 is 29.5 Å². The van der Waals surface area contributed by atoms with E-state index in [2.05, 4.69) is 5.32 Å². The fraction of sp³-hybridized carbons (Fsp3) is 0.222. The van der Waals surface area contributed by atoms with Crippen LogP contribution in [0.2, 0.25) is 5.02 Å². The van der Waals surface area contributed by atoms with Gasteiger partial charge in [0.1, 0.15) is 12.7 Å². The zero-order valence-electron chi connectivity index (χ0n) is 13.4. The molecule has 1 atom stereocenters. The molecule has 1 saturated heterocycles. The number of cyclic esters (lactones) is 1. The average Bonchev–Trinajstić information content (AvgIpc) is 3.00. The summed E-state index contributed by atoms with van der Waals surface area (Å²) in [6.07, 6.45) is -1.47. The van der Waals surface area contributed by atoms with Crippen LogP contribution in [0, 0.1) is 0 Å². The van der Waals surface area contributed by atoms with Crippen LogP contribution >= 0.6 is 11.6 Å². The molecule has 25 heavy (non-hydrogen) atoms. The lowest BCUT2D eigenvalue weighted by Gasteiger charge is -2.13. The largest absolute Gasteiger partial charge is 0.445 e. The molecule has 2 aromatic carbocycles. The van der Waals surface area contributed by atoms with Crippen molar-refractivity contribution in [3.05, 3.63) is 65.2 Å². The van der Waals surface area contributed by atoms with Crippen LogP contribution < -0.4 is 10.2 Å². The summed E-state index contributed by atoms with van der Waals surface area (Å²) in [5, 5.41) is 3.15. The second-order valence-electron chi connectivity index (χ2n) is 5.54. The van der Waals surface area contributed by atoms with Crippen LogP contribution in [0.3, 0.4) is 0 Å². The van der Waals surface area contributed by atoms with Gasteiger partial charge in [-0.05, 0) is 23.8 Å². The number of nitrogens with one attached hydrogen (secondary N) is 1. The second kappa shape index (κ2) is 7.90. The zero-order chi connectivity index (χ0) is 17.6. The Kier molecular flexibility index (Phi) is 5.40. The number of halogens is 1. The van der Waals surface area contributed by atoms with Crippen molar-refractivity contribution in [3.8, 4) is 0 Å². The van der Waals surface area contributed by atoms with Crippen molar-refractivity contribution in [3.63, 3.8) is 0 Å². The highest BCUT2D eigenvalue weighted by atomic mass is 35.5. The van der Waals surface area contributed by atoms with Gasteiger partial charge in [0.05, 0.1) is 13.1 Å². The van der Waals surface area contributed by atoms with Gasteiger partial charge in [-0.3, -0.25) is 4.90 Å². The lowest BCUT2D eigenvalue weighted by Crippen LogP contribution is -2.34. The molecule has 0 bridgehead atoms. The number of ether oxygens (including phenoxy) is 2. The van der Waals surface area contributed by atoms with Crippen molar-refractivity contribution in [1.82, 2.24) is 5.32 Å². The number of carbonyl (C=O) groups excluding carboxylic acids is 2. The number of hydrogen-bond acceptors (Lipinski definition) is 4. The lowest BCUT2D eigenvalue weighted by atomic mass is 10.2. The highest BCUT2D eigenvalue weighted by Gasteiger charge is 2.32. The highest BCUT2D eigenvalue weighted by molar-refractivity contribution is 6.30. The molecule has 3 rings (SSSR count). The number of carbonyl (C=O) groups is 2. The fourth-order valence-corrected chi connectivity index (χ4v) is 2.64. The van der Waals surface area contributed by atoms with E-state index in [0.29, 0.717) is 17.3 Å². The monoisotopic (exact) mass is 360 g/mol. The van der Waals surface area contributed by atoms with Crippen molar-refractivity contribution in [2.24, 2.45) is 0 Å². The van der Waals surface area contributed by atoms with Crippen LogP contribution in [0.5, 0.6) is 0 Å². The van der Waals surface area contributed by atoms with Crippen LogP contribution in [0.15, 0.2) is 54.6 Å². The summed E-state index contributed by atoms with van der Waals surface area (Å²) in [7, 11) is 0. The molecular weight excluding hydrogens is 344 g/mol. The topological polar surface area (TPSA) is 67.9 Å². The Morgan fingerprint density at radius 3 is 2.80 bits per heavy atom. The summed E-state index contributed by atoms with van der Waals surface area (Å²) in [5.74, 6) is 0. The van der Waals surface area contributed by atoms with Crippen LogP contribution in [0.25, 0.3) is 0 Å². The molecule has 130 valence electrons. The molecular formula is C18H17ClN2O4. The predicted molar refractivity (Wildman–Crippen MR) is 93.7 cm³/mol. The lowest BCUT2D eigenvalue weighted by molar-refractivity contribution is 0.121. The molecule has 6 nitrogen and oxygen atoms in total. The van der Waals surface area contributed by atoms with Crippen molar-refractivity contribution < 1.29 is 19.1 Å². The molecule has 0 radical (unpaired) electrons. The van der Waals surface area contributed by atoms with Gasteiger partial charge in [-0.25, -0.2) is 9.59 Å². The predicted octanol–water partition coefficient (Wildman–Crippen LogP) is 3.59. The van der Waals surface area contributed by atoms with Gasteiger partial charge in [0.2, 0.25) is 0 Å². The number of nitrogens with zero attached hydrogens (tertiary/aromatic N) is 1. The zero-order valence-corrected chi connectivity index (χ0v) is 14.1. The van der Waals surface area contributed by atoms with E-state index in [0.717, 1.165) is 5.56 Å². The first kappa shape index (κ1) is 17.1. The Labute approximate surface area is 150 Å². The quantitative estimate of drug-likeness (QED) is 0.884. The van der Waals surface area contributed by atoms with Crippen LogP contribution in [-0.2, 0) is 16.1 Å². The molecule has 1 fully saturated rings. The van der Waals surface area contributed by atoms with E-state index < -0.39 is 18.3 Å². The molecule has 2 amide bonds. The van der Waals surface area contributed by atoms with Crippen molar-refractivity contribution in [2.45, 2.75) is 12.7 Å². The molecule has 1 unspecified atom stereocenters. The SMILES string of the molecule is O=C(NCC1CN(c2cccc(Cl)c2)C(=O)O1)OCc1ccccc1. The van der Waals surface area contributed by atoms with E-state index in [9.17, 15) is 9.59 Å². The molecule has 0 aromatic heterocycles. The Morgan fingerprint density at radius 2 is 2.04 bits per heavy atom. The molecule has 0 spiro atoms. The van der Waals surface area contributed by atoms with Gasteiger partial charge < -0.3 is 14.8 Å². The summed E-state index contributed by atoms with van der Waals surface area (Å²) < 4.78 is 10.4. The summed E-state index contributed by atoms with van der Waals surface area (Å²) in [4.78, 5) is 25.2. The number of amides is 2. The van der Waals surface area contributed by atoms with E-state index >= 15 is 0 Å². The number of anilines is 1. The highest BCUT2D eigenvalue weighted by Crippen LogP contribution is 2.24. The normalized spacial score (nSPS) is 16.4. The van der Waals surface area contributed by atoms with Gasteiger partial charge in [0, 0.05) is 10.7 Å². The molecule has 1 heterocycles. The molecule has 0 saturated carbocycles. The number of hydrogen-bond donors (Lipinski definition) is 1. The third-order valence-electron chi connectivity index (χ3n) is 3.68. The second-order valence-corrected chi connectivity index (χ2v) is 5.98. The Hall–Kier alpha value is -2.73. The molecule has 2 aromatic rings. The van der Waals surface area contributed by atoms with Crippen molar-refractivity contribution in [1.29, 1.82) is 0 Å². The third-order valence-corrected chi connectivity index (χ3v) is 3.92. The molecule has 1 aliphatic heterocycles. The Morgan fingerprint density at radius 1 is 1.24 bits per heavy atom. The van der Waals surface area contributed by atoms with E-state index in [1.807, 2.05) is 30.3 Å². The fourth-order valence-electron chi connectivity index (χ4n) is 2.45. The number of benzene rings is 2. The van der Waals surface area contributed by atoms with Gasteiger partial charge in [-0.1, -0.05) is 48.0 Å². The first-order chi connectivity index (χ1) is 12.1. The molecule has 1 aliphatic rings. The number of alkyl carbamates (subject to hydrolysis) is 1. The maximum atomic E-state index is 12.0. The minimum atomic E-state index is -0.555. The molecule has 0 aliphatic carbocycles. The summed E-state index contributed by atoms with van der Waals surface area (Å²) in [6, 6.07) is 16.3. The van der Waals surface area contributed by atoms with Gasteiger partial charge in [-0.15, -0.1) is 0 Å². The molecule has 7 heteroatoms.